The summed E-state index contributed by atoms with van der Waals surface area (Å²) in [6, 6.07) is 6.77. The quantitative estimate of drug-likeness (QED) is 0.815. The third-order valence-electron chi connectivity index (χ3n) is 3.72. The molecule has 1 amide bonds. The lowest BCUT2D eigenvalue weighted by molar-refractivity contribution is 0.0153. The topological polar surface area (TPSA) is 100 Å². The Labute approximate surface area is 132 Å². The highest BCUT2D eigenvalue weighted by atomic mass is 16.5. The average Bonchev–Trinajstić information content (AvgIpc) is 3.03. The predicted octanol–water partition coefficient (Wildman–Crippen LogP) is 0.166. The second-order valence-electron chi connectivity index (χ2n) is 5.21. The van der Waals surface area contributed by atoms with E-state index >= 15 is 0 Å². The van der Waals surface area contributed by atoms with E-state index in [-0.39, 0.29) is 11.8 Å². The second-order valence-corrected chi connectivity index (χ2v) is 5.21. The van der Waals surface area contributed by atoms with Crippen LogP contribution in [0, 0.1) is 0 Å². The summed E-state index contributed by atoms with van der Waals surface area (Å²) in [6.45, 7) is 3.23. The number of pyridine rings is 1. The number of nitrogens with one attached hydrogen (secondary N) is 2. The summed E-state index contributed by atoms with van der Waals surface area (Å²) in [4.78, 5) is 29.7. The summed E-state index contributed by atoms with van der Waals surface area (Å²) in [6.07, 6.45) is 1.73. The molecule has 0 bridgehead atoms. The highest BCUT2D eigenvalue weighted by molar-refractivity contribution is 5.91. The molecule has 1 aliphatic heterocycles. The highest BCUT2D eigenvalue weighted by Crippen LogP contribution is 2.19. The number of aromatic nitrogens is 2. The molecule has 3 rings (SSSR count). The number of hydrogen-bond donors (Lipinski definition) is 2. The molecule has 122 valence electrons. The Hall–Kier alpha value is -2.45. The minimum Gasteiger partial charge on any atom is -0.379 e. The van der Waals surface area contributed by atoms with Crippen molar-refractivity contribution in [1.82, 2.24) is 20.4 Å². The Bertz CT molecular complexity index is 691. The first-order valence-corrected chi connectivity index (χ1v) is 7.43. The van der Waals surface area contributed by atoms with Crippen molar-refractivity contribution >= 4 is 5.91 Å². The molecular weight excluding hydrogens is 300 g/mol. The van der Waals surface area contributed by atoms with Gasteiger partial charge in [0, 0.05) is 25.8 Å². The number of nitrogens with zero attached hydrogens (tertiary/aromatic N) is 2. The average molecular weight is 318 g/mol. The van der Waals surface area contributed by atoms with Crippen molar-refractivity contribution < 1.29 is 14.1 Å². The van der Waals surface area contributed by atoms with Crippen LogP contribution in [0.25, 0.3) is 0 Å². The standard InChI is InChI=1S/C15H18N4O4/c20-14-9-13(23-18-14)15(21)17-10-12(11-3-1-2-4-16-11)19-5-7-22-8-6-19/h1-4,9,12H,5-8,10H2,(H,17,21)(H,18,20). The zero-order chi connectivity index (χ0) is 16.1. The van der Waals surface area contributed by atoms with Crippen LogP contribution < -0.4 is 10.9 Å². The fraction of sp³-hybridized carbons (Fsp3) is 0.400. The minimum absolute atomic E-state index is 0.0308. The van der Waals surface area contributed by atoms with Gasteiger partial charge in [-0.05, 0) is 12.1 Å². The lowest BCUT2D eigenvalue weighted by Crippen LogP contribution is -2.44. The Morgan fingerprint density at radius 1 is 1.39 bits per heavy atom. The van der Waals surface area contributed by atoms with Gasteiger partial charge in [0.15, 0.2) is 0 Å². The molecule has 2 N–H and O–H groups in total. The van der Waals surface area contributed by atoms with E-state index < -0.39 is 11.5 Å². The molecule has 1 unspecified atom stereocenters. The van der Waals surface area contributed by atoms with Gasteiger partial charge in [-0.2, -0.15) is 5.16 Å². The van der Waals surface area contributed by atoms with E-state index in [1.807, 2.05) is 18.2 Å². The van der Waals surface area contributed by atoms with Crippen molar-refractivity contribution in [3.05, 3.63) is 52.3 Å². The molecule has 3 heterocycles. The molecule has 0 saturated carbocycles. The van der Waals surface area contributed by atoms with Gasteiger partial charge in [-0.25, -0.2) is 0 Å². The van der Waals surface area contributed by atoms with Crippen LogP contribution in [0.3, 0.4) is 0 Å². The zero-order valence-electron chi connectivity index (χ0n) is 12.5. The SMILES string of the molecule is O=C(NCC(c1ccccn1)N1CCOCC1)c1cc(=O)[nH]o1. The van der Waals surface area contributed by atoms with Gasteiger partial charge in [0.2, 0.25) is 5.76 Å². The molecule has 1 atom stereocenters. The van der Waals surface area contributed by atoms with Gasteiger partial charge < -0.3 is 14.6 Å². The van der Waals surface area contributed by atoms with Gasteiger partial charge in [-0.1, -0.05) is 6.07 Å². The van der Waals surface area contributed by atoms with E-state index in [9.17, 15) is 9.59 Å². The fourth-order valence-electron chi connectivity index (χ4n) is 2.55. The largest absolute Gasteiger partial charge is 0.379 e. The molecular formula is C15H18N4O4. The number of hydrogen-bond acceptors (Lipinski definition) is 6. The van der Waals surface area contributed by atoms with E-state index in [1.54, 1.807) is 6.20 Å². The highest BCUT2D eigenvalue weighted by Gasteiger charge is 2.24. The van der Waals surface area contributed by atoms with E-state index in [1.165, 1.54) is 0 Å². The summed E-state index contributed by atoms with van der Waals surface area (Å²) in [5.41, 5.74) is 0.440. The van der Waals surface area contributed by atoms with Gasteiger partial charge in [0.25, 0.3) is 11.5 Å². The smallest absolute Gasteiger partial charge is 0.290 e. The van der Waals surface area contributed by atoms with E-state index in [0.29, 0.717) is 19.8 Å². The Kier molecular flexibility index (Phi) is 4.84. The van der Waals surface area contributed by atoms with Crippen molar-refractivity contribution in [2.45, 2.75) is 6.04 Å². The maximum Gasteiger partial charge on any atom is 0.290 e. The third kappa shape index (κ3) is 3.85. The molecule has 0 radical (unpaired) electrons. The molecule has 8 nitrogen and oxygen atoms in total. The van der Waals surface area contributed by atoms with Gasteiger partial charge >= 0.3 is 0 Å². The molecule has 8 heteroatoms. The summed E-state index contributed by atoms with van der Waals surface area (Å²) in [5, 5.41) is 4.90. The van der Waals surface area contributed by atoms with Crippen LogP contribution in [-0.2, 0) is 4.74 Å². The van der Waals surface area contributed by atoms with Crippen molar-refractivity contribution in [3.63, 3.8) is 0 Å². The molecule has 2 aromatic heterocycles. The Morgan fingerprint density at radius 2 is 2.22 bits per heavy atom. The van der Waals surface area contributed by atoms with Crippen LogP contribution in [0.1, 0.15) is 22.3 Å². The van der Waals surface area contributed by atoms with Crippen molar-refractivity contribution in [3.8, 4) is 0 Å². The number of aromatic amines is 1. The molecule has 2 aromatic rings. The van der Waals surface area contributed by atoms with Crippen molar-refractivity contribution in [2.24, 2.45) is 0 Å². The van der Waals surface area contributed by atoms with E-state index in [0.717, 1.165) is 24.8 Å². The van der Waals surface area contributed by atoms with Crippen molar-refractivity contribution in [1.29, 1.82) is 0 Å². The van der Waals surface area contributed by atoms with E-state index in [4.69, 9.17) is 9.26 Å². The fourth-order valence-corrected chi connectivity index (χ4v) is 2.55. The number of carbonyl (C=O) groups excluding carboxylic acids is 1. The second kappa shape index (κ2) is 7.21. The number of carbonyl (C=O) groups is 1. The first kappa shape index (κ1) is 15.4. The van der Waals surface area contributed by atoms with Gasteiger partial charge in [-0.15, -0.1) is 0 Å². The van der Waals surface area contributed by atoms with Gasteiger partial charge in [0.05, 0.1) is 31.0 Å². The van der Waals surface area contributed by atoms with Crippen molar-refractivity contribution in [2.75, 3.05) is 32.8 Å². The lowest BCUT2D eigenvalue weighted by atomic mass is 10.1. The molecule has 1 aliphatic rings. The Morgan fingerprint density at radius 3 is 2.87 bits per heavy atom. The van der Waals surface area contributed by atoms with Crippen LogP contribution in [0.15, 0.2) is 39.8 Å². The predicted molar refractivity (Wildman–Crippen MR) is 81.0 cm³/mol. The monoisotopic (exact) mass is 318 g/mol. The maximum atomic E-state index is 12.0. The zero-order valence-corrected chi connectivity index (χ0v) is 12.5. The molecule has 0 spiro atoms. The molecule has 0 aliphatic carbocycles. The van der Waals surface area contributed by atoms with E-state index in [2.05, 4.69) is 20.4 Å². The number of amides is 1. The molecule has 1 saturated heterocycles. The molecule has 23 heavy (non-hydrogen) atoms. The van der Waals surface area contributed by atoms with Gasteiger partial charge in [0.1, 0.15) is 0 Å². The number of H-pyrrole nitrogens is 1. The number of rotatable bonds is 5. The molecule has 1 fully saturated rings. The summed E-state index contributed by atoms with van der Waals surface area (Å²) in [7, 11) is 0. The maximum absolute atomic E-state index is 12.0. The lowest BCUT2D eigenvalue weighted by Gasteiger charge is -2.34. The Balaban J connectivity index is 1.70. The first-order chi connectivity index (χ1) is 11.2. The van der Waals surface area contributed by atoms with Crippen LogP contribution in [0.4, 0.5) is 0 Å². The minimum atomic E-state index is -0.440. The molecule has 0 aromatic carbocycles. The first-order valence-electron chi connectivity index (χ1n) is 7.43. The normalized spacial score (nSPS) is 16.9. The summed E-state index contributed by atoms with van der Waals surface area (Å²) < 4.78 is 10.2. The van der Waals surface area contributed by atoms with Crippen LogP contribution in [0.5, 0.6) is 0 Å². The summed E-state index contributed by atoms with van der Waals surface area (Å²) >= 11 is 0. The number of ether oxygens (including phenoxy) is 1. The van der Waals surface area contributed by atoms with Crippen LogP contribution >= 0.6 is 0 Å². The van der Waals surface area contributed by atoms with Crippen LogP contribution in [0.2, 0.25) is 0 Å². The number of morpholine rings is 1. The third-order valence-corrected chi connectivity index (χ3v) is 3.72. The van der Waals surface area contributed by atoms with Gasteiger partial charge in [-0.3, -0.25) is 19.5 Å². The van der Waals surface area contributed by atoms with Crippen LogP contribution in [-0.4, -0.2) is 53.8 Å². The summed E-state index contributed by atoms with van der Waals surface area (Å²) in [5.74, 6) is -0.464.